The van der Waals surface area contributed by atoms with E-state index < -0.39 is 0 Å². The lowest BCUT2D eigenvalue weighted by Gasteiger charge is -2.20. The van der Waals surface area contributed by atoms with E-state index in [2.05, 4.69) is 34.1 Å². The largest absolute Gasteiger partial charge is 0.467 e. The first-order chi connectivity index (χ1) is 12.9. The normalized spacial score (nSPS) is 20.2. The SMILES string of the molecule is COc1nc(-c2cccc(C(=O)N[C@H]3CN(C(C)C)C[C@@H]3OC)c2)nn1C. The Hall–Kier alpha value is -2.45. The van der Waals surface area contributed by atoms with Gasteiger partial charge >= 0.3 is 6.01 Å². The first-order valence-electron chi connectivity index (χ1n) is 9.06. The minimum atomic E-state index is -0.127. The molecule has 0 saturated carbocycles. The molecule has 27 heavy (non-hydrogen) atoms. The number of aromatic nitrogens is 3. The summed E-state index contributed by atoms with van der Waals surface area (Å²) >= 11 is 0. The number of nitrogens with zero attached hydrogens (tertiary/aromatic N) is 4. The molecule has 1 saturated heterocycles. The van der Waals surface area contributed by atoms with Gasteiger partial charge in [-0.2, -0.15) is 4.98 Å². The van der Waals surface area contributed by atoms with Gasteiger partial charge in [0.2, 0.25) is 0 Å². The van der Waals surface area contributed by atoms with Crippen molar-refractivity contribution in [2.45, 2.75) is 32.0 Å². The standard InChI is InChI=1S/C19H27N5O3/c1-12(2)24-10-15(16(11-24)26-4)20-18(25)14-8-6-7-13(9-14)17-21-19(27-5)23(3)22-17/h6-9,12,15-16H,10-11H2,1-5H3,(H,20,25)/t15-,16-/m0/s1. The summed E-state index contributed by atoms with van der Waals surface area (Å²) in [5.74, 6) is 0.392. The lowest BCUT2D eigenvalue weighted by molar-refractivity contribution is 0.0753. The molecule has 1 aromatic heterocycles. The van der Waals surface area contributed by atoms with Crippen LogP contribution in [0.1, 0.15) is 24.2 Å². The van der Waals surface area contributed by atoms with Gasteiger partial charge in [0.15, 0.2) is 5.82 Å². The molecule has 0 radical (unpaired) electrons. The van der Waals surface area contributed by atoms with Crippen LogP contribution in [0.4, 0.5) is 0 Å². The van der Waals surface area contributed by atoms with Crippen LogP contribution in [-0.2, 0) is 11.8 Å². The molecule has 2 aromatic rings. The fraction of sp³-hybridized carbons (Fsp3) is 0.526. The minimum Gasteiger partial charge on any atom is -0.467 e. The molecule has 0 bridgehead atoms. The molecule has 0 aliphatic carbocycles. The van der Waals surface area contributed by atoms with Crippen molar-refractivity contribution in [1.82, 2.24) is 25.0 Å². The molecule has 0 unspecified atom stereocenters. The Kier molecular flexibility index (Phi) is 5.76. The molecule has 146 valence electrons. The van der Waals surface area contributed by atoms with E-state index in [0.717, 1.165) is 18.7 Å². The average molecular weight is 373 g/mol. The Labute approximate surface area is 159 Å². The van der Waals surface area contributed by atoms with Gasteiger partial charge in [0.25, 0.3) is 5.91 Å². The number of likely N-dealkylation sites (tertiary alicyclic amines) is 1. The van der Waals surface area contributed by atoms with E-state index >= 15 is 0 Å². The minimum absolute atomic E-state index is 0.0127. The van der Waals surface area contributed by atoms with Gasteiger partial charge in [0.1, 0.15) is 0 Å². The predicted molar refractivity (Wildman–Crippen MR) is 102 cm³/mol. The van der Waals surface area contributed by atoms with E-state index in [1.54, 1.807) is 38.1 Å². The molecule has 1 aromatic carbocycles. The smallest absolute Gasteiger partial charge is 0.314 e. The highest BCUT2D eigenvalue weighted by molar-refractivity contribution is 5.95. The Morgan fingerprint density at radius 1 is 1.30 bits per heavy atom. The van der Waals surface area contributed by atoms with Crippen molar-refractivity contribution in [3.63, 3.8) is 0 Å². The number of hydrogen-bond acceptors (Lipinski definition) is 6. The van der Waals surface area contributed by atoms with Crippen LogP contribution in [0.25, 0.3) is 11.4 Å². The summed E-state index contributed by atoms with van der Waals surface area (Å²) in [5, 5.41) is 7.44. The fourth-order valence-corrected chi connectivity index (χ4v) is 3.32. The first-order valence-corrected chi connectivity index (χ1v) is 9.06. The highest BCUT2D eigenvalue weighted by Crippen LogP contribution is 2.20. The number of aryl methyl sites for hydroxylation is 1. The number of amides is 1. The summed E-state index contributed by atoms with van der Waals surface area (Å²) in [7, 11) is 5.00. The topological polar surface area (TPSA) is 81.5 Å². The van der Waals surface area contributed by atoms with Gasteiger partial charge in [-0.05, 0) is 26.0 Å². The molecule has 2 atom stereocenters. The second kappa shape index (κ2) is 8.06. The maximum absolute atomic E-state index is 12.8. The van der Waals surface area contributed by atoms with Crippen LogP contribution in [0.5, 0.6) is 6.01 Å². The van der Waals surface area contributed by atoms with E-state index in [0.29, 0.717) is 23.4 Å². The molecule has 3 rings (SSSR count). The third-order valence-corrected chi connectivity index (χ3v) is 4.93. The van der Waals surface area contributed by atoms with Crippen molar-refractivity contribution in [3.8, 4) is 17.4 Å². The third-order valence-electron chi connectivity index (χ3n) is 4.93. The van der Waals surface area contributed by atoms with Crippen LogP contribution in [0.2, 0.25) is 0 Å². The summed E-state index contributed by atoms with van der Waals surface area (Å²) < 4.78 is 12.3. The molecule has 1 N–H and O–H groups in total. The number of benzene rings is 1. The Balaban J connectivity index is 1.75. The molecule has 2 heterocycles. The van der Waals surface area contributed by atoms with Gasteiger partial charge in [0.05, 0.1) is 19.3 Å². The van der Waals surface area contributed by atoms with E-state index in [9.17, 15) is 4.79 Å². The molecule has 8 nitrogen and oxygen atoms in total. The Morgan fingerprint density at radius 2 is 2.07 bits per heavy atom. The Bertz CT molecular complexity index is 804. The van der Waals surface area contributed by atoms with Crippen LogP contribution >= 0.6 is 0 Å². The van der Waals surface area contributed by atoms with Gasteiger partial charge in [-0.15, -0.1) is 5.10 Å². The third kappa shape index (κ3) is 4.12. The van der Waals surface area contributed by atoms with Crippen molar-refractivity contribution in [2.24, 2.45) is 7.05 Å². The van der Waals surface area contributed by atoms with Crippen molar-refractivity contribution in [1.29, 1.82) is 0 Å². The summed E-state index contributed by atoms with van der Waals surface area (Å²) in [5.41, 5.74) is 1.33. The number of rotatable bonds is 6. The summed E-state index contributed by atoms with van der Waals surface area (Å²) in [6.45, 7) is 5.89. The summed E-state index contributed by atoms with van der Waals surface area (Å²) in [6.07, 6.45) is -0.0127. The van der Waals surface area contributed by atoms with Gasteiger partial charge in [-0.3, -0.25) is 9.69 Å². The van der Waals surface area contributed by atoms with Gasteiger partial charge < -0.3 is 14.8 Å². The molecular weight excluding hydrogens is 346 g/mol. The Morgan fingerprint density at radius 3 is 2.70 bits per heavy atom. The number of carbonyl (C=O) groups is 1. The zero-order valence-electron chi connectivity index (χ0n) is 16.5. The van der Waals surface area contributed by atoms with E-state index in [4.69, 9.17) is 9.47 Å². The van der Waals surface area contributed by atoms with Crippen molar-refractivity contribution < 1.29 is 14.3 Å². The number of methoxy groups -OCH3 is 2. The van der Waals surface area contributed by atoms with Crippen LogP contribution in [0, 0.1) is 0 Å². The highest BCUT2D eigenvalue weighted by atomic mass is 16.5. The number of ether oxygens (including phenoxy) is 2. The second-order valence-electron chi connectivity index (χ2n) is 7.03. The molecular formula is C19H27N5O3. The molecule has 1 fully saturated rings. The van der Waals surface area contributed by atoms with Crippen LogP contribution in [0.15, 0.2) is 24.3 Å². The number of hydrogen-bond donors (Lipinski definition) is 1. The van der Waals surface area contributed by atoms with E-state index in [-0.39, 0.29) is 18.1 Å². The average Bonchev–Trinajstić information content (AvgIpc) is 3.25. The zero-order chi connectivity index (χ0) is 19.6. The zero-order valence-corrected chi connectivity index (χ0v) is 16.5. The maximum atomic E-state index is 12.8. The number of carbonyl (C=O) groups excluding carboxylic acids is 1. The van der Waals surface area contributed by atoms with Crippen LogP contribution in [0.3, 0.4) is 0 Å². The van der Waals surface area contributed by atoms with Gasteiger partial charge in [-0.25, -0.2) is 4.68 Å². The van der Waals surface area contributed by atoms with Crippen molar-refractivity contribution >= 4 is 5.91 Å². The van der Waals surface area contributed by atoms with E-state index in [1.165, 1.54) is 0 Å². The van der Waals surface area contributed by atoms with Gasteiger partial charge in [-0.1, -0.05) is 12.1 Å². The lowest BCUT2D eigenvalue weighted by Crippen LogP contribution is -2.43. The van der Waals surface area contributed by atoms with Gasteiger partial charge in [0, 0.05) is 44.4 Å². The quantitative estimate of drug-likeness (QED) is 0.823. The lowest BCUT2D eigenvalue weighted by atomic mass is 10.1. The monoisotopic (exact) mass is 373 g/mol. The summed E-state index contributed by atoms with van der Waals surface area (Å²) in [6, 6.07) is 8.08. The molecule has 1 aliphatic rings. The second-order valence-corrected chi connectivity index (χ2v) is 7.03. The van der Waals surface area contributed by atoms with Crippen molar-refractivity contribution in [2.75, 3.05) is 27.3 Å². The van der Waals surface area contributed by atoms with Crippen LogP contribution < -0.4 is 10.1 Å². The maximum Gasteiger partial charge on any atom is 0.314 e. The fourth-order valence-electron chi connectivity index (χ4n) is 3.32. The predicted octanol–water partition coefficient (Wildman–Crippen LogP) is 1.33. The highest BCUT2D eigenvalue weighted by Gasteiger charge is 2.35. The van der Waals surface area contributed by atoms with Crippen molar-refractivity contribution in [3.05, 3.63) is 29.8 Å². The molecule has 1 amide bonds. The molecule has 0 spiro atoms. The molecule has 8 heteroatoms. The van der Waals surface area contributed by atoms with Crippen LogP contribution in [-0.4, -0.2) is 71.1 Å². The summed E-state index contributed by atoms with van der Waals surface area (Å²) in [4.78, 5) is 19.4. The molecule has 1 aliphatic heterocycles. The van der Waals surface area contributed by atoms with E-state index in [1.807, 2.05) is 12.1 Å². The first kappa shape index (κ1) is 19.3. The number of nitrogens with one attached hydrogen (secondary N) is 1.